The van der Waals surface area contributed by atoms with Crippen molar-refractivity contribution in [2.45, 2.75) is 111 Å². The lowest BCUT2D eigenvalue weighted by molar-refractivity contribution is 1.03. The van der Waals surface area contributed by atoms with Gasteiger partial charge in [-0.25, -0.2) is 9.97 Å². The molecular weight excluding hydrogens is 494 g/mol. The molecular formula is C33H65N7. The summed E-state index contributed by atoms with van der Waals surface area (Å²) in [5.74, 6) is 0. The van der Waals surface area contributed by atoms with Crippen molar-refractivity contribution in [2.75, 3.05) is 0 Å². The van der Waals surface area contributed by atoms with Crippen molar-refractivity contribution < 1.29 is 0 Å². The van der Waals surface area contributed by atoms with E-state index in [0.29, 0.717) is 0 Å². The monoisotopic (exact) mass is 560 g/mol. The Morgan fingerprint density at radius 2 is 0.475 bits per heavy atom. The van der Waals surface area contributed by atoms with Crippen LogP contribution >= 0.6 is 0 Å². The van der Waals surface area contributed by atoms with Gasteiger partial charge >= 0.3 is 0 Å². The lowest BCUT2D eigenvalue weighted by Crippen LogP contribution is -1.69. The first kappa shape index (κ1) is 56.5. The number of nitrogens with zero attached hydrogens (tertiary/aromatic N) is 7. The number of hydrogen-bond acceptors (Lipinski definition) is 7. The maximum Gasteiger partial charge on any atom is 0.115 e. The average Bonchev–Trinajstić information content (AvgIpc) is 3.15. The Hall–Kier alpha value is -3.61. The molecule has 4 aromatic rings. The summed E-state index contributed by atoms with van der Waals surface area (Å²) in [5, 5.41) is 7.07. The molecule has 0 aliphatic carbocycles. The summed E-state index contributed by atoms with van der Waals surface area (Å²) < 4.78 is 0. The number of pyridine rings is 1. The minimum Gasteiger partial charge on any atom is -0.265 e. The Morgan fingerprint density at radius 3 is 0.575 bits per heavy atom. The van der Waals surface area contributed by atoms with Crippen LogP contribution in [0.3, 0.4) is 0 Å². The Kier molecular flexibility index (Phi) is 142. The van der Waals surface area contributed by atoms with Crippen LogP contribution in [0.2, 0.25) is 0 Å². The van der Waals surface area contributed by atoms with Crippen LogP contribution in [0.1, 0.15) is 111 Å². The van der Waals surface area contributed by atoms with Gasteiger partial charge in [0.2, 0.25) is 0 Å². The second-order valence-corrected chi connectivity index (χ2v) is 3.74. The van der Waals surface area contributed by atoms with E-state index in [4.69, 9.17) is 0 Å². The van der Waals surface area contributed by atoms with Gasteiger partial charge < -0.3 is 0 Å². The zero-order valence-corrected chi connectivity index (χ0v) is 28.9. The third-order valence-corrected chi connectivity index (χ3v) is 2.00. The first-order chi connectivity index (χ1) is 20.0. The van der Waals surface area contributed by atoms with E-state index in [9.17, 15) is 0 Å². The van der Waals surface area contributed by atoms with E-state index in [-0.39, 0.29) is 0 Å². The standard InChI is InChI=1S/C5H5N.3C4H4N2.8C2H6/c1-2-4-6-5-3-1;1-2-6-4-3-5-1;1-2-5-4-6-3-1;1-2-4-6-5-3-1;8*1-2/h1-5H;3*1-4H;8*1-2H3. The molecule has 40 heavy (non-hydrogen) atoms. The first-order valence-electron chi connectivity index (χ1n) is 15.0. The highest BCUT2D eigenvalue weighted by molar-refractivity contribution is 4.88. The topological polar surface area (TPSA) is 90.2 Å². The first-order valence-corrected chi connectivity index (χ1v) is 15.0. The fraction of sp³-hybridized carbons (Fsp3) is 0.485. The Bertz CT molecular complexity index is 441. The van der Waals surface area contributed by atoms with Crippen molar-refractivity contribution in [1.29, 1.82) is 0 Å². The maximum absolute atomic E-state index is 3.78. The molecule has 7 heteroatoms. The van der Waals surface area contributed by atoms with Crippen LogP contribution in [0.25, 0.3) is 0 Å². The molecule has 0 saturated carbocycles. The predicted molar refractivity (Wildman–Crippen MR) is 181 cm³/mol. The van der Waals surface area contributed by atoms with Gasteiger partial charge in [-0.2, -0.15) is 10.2 Å². The molecule has 0 radical (unpaired) electrons. The molecule has 0 aliphatic heterocycles. The van der Waals surface area contributed by atoms with E-state index in [1.165, 1.54) is 6.33 Å². The molecule has 4 rings (SSSR count). The van der Waals surface area contributed by atoms with Gasteiger partial charge in [0, 0.05) is 62.0 Å². The summed E-state index contributed by atoms with van der Waals surface area (Å²) in [5.41, 5.74) is 0. The van der Waals surface area contributed by atoms with Crippen molar-refractivity contribution >= 4 is 0 Å². The summed E-state index contributed by atoms with van der Waals surface area (Å²) in [6.07, 6.45) is 18.2. The van der Waals surface area contributed by atoms with Gasteiger partial charge in [-0.15, -0.1) is 0 Å². The van der Waals surface area contributed by atoms with E-state index < -0.39 is 0 Å². The van der Waals surface area contributed by atoms with E-state index in [1.807, 2.05) is 141 Å². The minimum absolute atomic E-state index is 1.50. The molecule has 0 spiro atoms. The summed E-state index contributed by atoms with van der Waals surface area (Å²) in [7, 11) is 0. The van der Waals surface area contributed by atoms with Gasteiger partial charge in [-0.3, -0.25) is 15.0 Å². The SMILES string of the molecule is CC.CC.CC.CC.CC.CC.CC.CC.c1ccncc1.c1ccnnc1.c1cnccn1.c1cncnc1. The van der Waals surface area contributed by atoms with Crippen LogP contribution < -0.4 is 0 Å². The molecule has 0 fully saturated rings. The zero-order chi connectivity index (χ0) is 33.0. The van der Waals surface area contributed by atoms with E-state index in [0.717, 1.165) is 0 Å². The highest BCUT2D eigenvalue weighted by atomic mass is 15.1. The Labute approximate surface area is 250 Å². The van der Waals surface area contributed by atoms with Crippen LogP contribution in [0.4, 0.5) is 0 Å². The second-order valence-electron chi connectivity index (χ2n) is 3.74. The molecule has 0 N–H and O–H groups in total. The largest absolute Gasteiger partial charge is 0.265 e. The Balaban J connectivity index is -0.0000000489. The predicted octanol–water partition coefficient (Wildman–Crippen LogP) is 10.7. The lowest BCUT2D eigenvalue weighted by Gasteiger charge is -1.70. The highest BCUT2D eigenvalue weighted by Gasteiger charge is 1.61. The molecule has 0 aliphatic rings. The fourth-order valence-corrected chi connectivity index (χ4v) is 1.07. The van der Waals surface area contributed by atoms with E-state index >= 15 is 0 Å². The molecule has 4 heterocycles. The number of rotatable bonds is 0. The average molecular weight is 560 g/mol. The van der Waals surface area contributed by atoms with Crippen LogP contribution in [0.15, 0.2) is 105 Å². The zero-order valence-electron chi connectivity index (χ0n) is 28.9. The normalized spacial score (nSPS) is 6.00. The van der Waals surface area contributed by atoms with Gasteiger partial charge in [0.15, 0.2) is 0 Å². The van der Waals surface area contributed by atoms with Gasteiger partial charge in [0.05, 0.1) is 0 Å². The van der Waals surface area contributed by atoms with Crippen LogP contribution in [0.5, 0.6) is 0 Å². The summed E-state index contributed by atoms with van der Waals surface area (Å²) in [6, 6.07) is 11.1. The molecule has 4 aromatic heterocycles. The molecule has 0 atom stereocenters. The van der Waals surface area contributed by atoms with Crippen molar-refractivity contribution in [2.24, 2.45) is 0 Å². The number of hydrogen-bond donors (Lipinski definition) is 0. The molecule has 7 nitrogen and oxygen atoms in total. The van der Waals surface area contributed by atoms with E-state index in [2.05, 4.69) is 35.1 Å². The van der Waals surface area contributed by atoms with Crippen molar-refractivity contribution in [3.05, 3.63) is 105 Å². The van der Waals surface area contributed by atoms with Crippen LogP contribution in [-0.4, -0.2) is 35.1 Å². The molecule has 0 amide bonds. The third kappa shape index (κ3) is 92.2. The molecule has 0 aromatic carbocycles. The molecule has 0 saturated heterocycles. The Morgan fingerprint density at radius 1 is 0.225 bits per heavy atom. The van der Waals surface area contributed by atoms with Gasteiger partial charge in [-0.1, -0.05) is 117 Å². The minimum atomic E-state index is 1.50. The smallest absolute Gasteiger partial charge is 0.115 e. The quantitative estimate of drug-likeness (QED) is 0.211. The maximum atomic E-state index is 3.78. The highest BCUT2D eigenvalue weighted by Crippen LogP contribution is 1.73. The molecule has 232 valence electrons. The van der Waals surface area contributed by atoms with Crippen molar-refractivity contribution in [3.63, 3.8) is 0 Å². The van der Waals surface area contributed by atoms with Crippen LogP contribution in [0, 0.1) is 0 Å². The second kappa shape index (κ2) is 101. The molecule has 0 bridgehead atoms. The summed E-state index contributed by atoms with van der Waals surface area (Å²) in [4.78, 5) is 18.6. The number of aromatic nitrogens is 7. The van der Waals surface area contributed by atoms with Crippen molar-refractivity contribution in [3.8, 4) is 0 Å². The molecule has 0 unspecified atom stereocenters. The van der Waals surface area contributed by atoms with Crippen LogP contribution in [-0.2, 0) is 0 Å². The van der Waals surface area contributed by atoms with Gasteiger partial charge in [0.25, 0.3) is 0 Å². The van der Waals surface area contributed by atoms with E-state index in [1.54, 1.807) is 68.0 Å². The summed E-state index contributed by atoms with van der Waals surface area (Å²) >= 11 is 0. The fourth-order valence-electron chi connectivity index (χ4n) is 1.07. The third-order valence-electron chi connectivity index (χ3n) is 2.00. The van der Waals surface area contributed by atoms with Crippen molar-refractivity contribution in [1.82, 2.24) is 35.1 Å². The summed E-state index contributed by atoms with van der Waals surface area (Å²) in [6.45, 7) is 32.0. The van der Waals surface area contributed by atoms with Gasteiger partial charge in [-0.05, 0) is 30.3 Å². The lowest BCUT2D eigenvalue weighted by atomic mass is 10.5. The van der Waals surface area contributed by atoms with Gasteiger partial charge in [0.1, 0.15) is 6.33 Å².